The summed E-state index contributed by atoms with van der Waals surface area (Å²) in [7, 11) is 0. The molecule has 13 heavy (non-hydrogen) atoms. The molecule has 1 aromatic heterocycles. The molecular weight excluding hydrogens is 208 g/mol. The maximum absolute atomic E-state index is 11.1. The highest BCUT2D eigenvalue weighted by atomic mass is 35.5. The van der Waals surface area contributed by atoms with Gasteiger partial charge in [0.15, 0.2) is 0 Å². The molecule has 1 rings (SSSR count). The number of halogens is 1. The summed E-state index contributed by atoms with van der Waals surface area (Å²) in [6, 6.07) is 3.51. The second-order valence-corrected chi connectivity index (χ2v) is 4.13. The van der Waals surface area contributed by atoms with Crippen LogP contribution in [0.4, 0.5) is 0 Å². The maximum Gasteiger partial charge on any atom is 0.294 e. The van der Waals surface area contributed by atoms with Gasteiger partial charge in [0.25, 0.3) is 11.0 Å². The van der Waals surface area contributed by atoms with Gasteiger partial charge < -0.3 is 0 Å². The second-order valence-electron chi connectivity index (χ2n) is 2.62. The van der Waals surface area contributed by atoms with Crippen molar-refractivity contribution in [3.05, 3.63) is 21.9 Å². The number of thiophene rings is 1. The minimum absolute atomic E-state index is 0.434. The van der Waals surface area contributed by atoms with Gasteiger partial charge in [0.2, 0.25) is 0 Å². The lowest BCUT2D eigenvalue weighted by Crippen LogP contribution is -2.04. The first-order chi connectivity index (χ1) is 6.15. The Bertz CT molecular complexity index is 330. The molecule has 2 nitrogen and oxygen atoms in total. The largest absolute Gasteiger partial charge is 0.294 e. The first-order valence-corrected chi connectivity index (χ1v) is 5.17. The first kappa shape index (κ1) is 10.4. The Balaban J connectivity index is 2.79. The van der Waals surface area contributed by atoms with E-state index >= 15 is 0 Å². The van der Waals surface area contributed by atoms with Crippen LogP contribution in [0, 0.1) is 0 Å². The van der Waals surface area contributed by atoms with E-state index < -0.39 is 11.0 Å². The molecule has 0 saturated carbocycles. The predicted molar refractivity (Wildman–Crippen MR) is 53.5 cm³/mol. The van der Waals surface area contributed by atoms with Crippen LogP contribution in [-0.4, -0.2) is 11.0 Å². The van der Waals surface area contributed by atoms with Gasteiger partial charge in [-0.3, -0.25) is 9.59 Å². The smallest absolute Gasteiger partial charge is 0.283 e. The summed E-state index contributed by atoms with van der Waals surface area (Å²) >= 11 is 6.41. The molecule has 70 valence electrons. The molecule has 0 atom stereocenters. The average molecular weight is 217 g/mol. The molecule has 4 heteroatoms. The van der Waals surface area contributed by atoms with E-state index in [0.717, 1.165) is 17.7 Å². The van der Waals surface area contributed by atoms with Crippen molar-refractivity contribution in [2.24, 2.45) is 0 Å². The molecule has 0 spiro atoms. The van der Waals surface area contributed by atoms with Crippen LogP contribution in [0.3, 0.4) is 0 Å². The van der Waals surface area contributed by atoms with E-state index in [1.54, 1.807) is 6.07 Å². The van der Waals surface area contributed by atoms with Crippen molar-refractivity contribution < 1.29 is 9.59 Å². The SMILES string of the molecule is CCCc1ccc(C(=O)C(=O)Cl)s1. The van der Waals surface area contributed by atoms with Gasteiger partial charge in [-0.05, 0) is 30.2 Å². The molecule has 1 heterocycles. The number of hydrogen-bond donors (Lipinski definition) is 0. The minimum Gasteiger partial charge on any atom is -0.283 e. The Morgan fingerprint density at radius 1 is 1.46 bits per heavy atom. The highest BCUT2D eigenvalue weighted by Crippen LogP contribution is 2.19. The Labute approximate surface area is 85.5 Å². The van der Waals surface area contributed by atoms with Gasteiger partial charge in [0.1, 0.15) is 0 Å². The number of hydrogen-bond acceptors (Lipinski definition) is 3. The fourth-order valence-corrected chi connectivity index (χ4v) is 2.18. The maximum atomic E-state index is 11.1. The van der Waals surface area contributed by atoms with Gasteiger partial charge in [-0.15, -0.1) is 11.3 Å². The quantitative estimate of drug-likeness (QED) is 0.441. The molecule has 0 aromatic carbocycles. The fraction of sp³-hybridized carbons (Fsp3) is 0.333. The lowest BCUT2D eigenvalue weighted by Gasteiger charge is -1.89. The van der Waals surface area contributed by atoms with Gasteiger partial charge >= 0.3 is 0 Å². The molecule has 0 radical (unpaired) electrons. The highest BCUT2D eigenvalue weighted by Gasteiger charge is 2.15. The predicted octanol–water partition coefficient (Wildman–Crippen LogP) is 2.65. The van der Waals surface area contributed by atoms with E-state index in [1.807, 2.05) is 6.07 Å². The zero-order valence-corrected chi connectivity index (χ0v) is 8.74. The summed E-state index contributed by atoms with van der Waals surface area (Å²) in [4.78, 5) is 23.2. The highest BCUT2D eigenvalue weighted by molar-refractivity contribution is 7.15. The van der Waals surface area contributed by atoms with Crippen LogP contribution < -0.4 is 0 Å². The normalized spacial score (nSPS) is 10.0. The van der Waals surface area contributed by atoms with E-state index in [-0.39, 0.29) is 0 Å². The summed E-state index contributed by atoms with van der Waals surface area (Å²) in [5, 5.41) is -0.912. The molecule has 0 amide bonds. The molecule has 0 unspecified atom stereocenters. The summed E-state index contributed by atoms with van der Waals surface area (Å²) in [5.41, 5.74) is 0. The van der Waals surface area contributed by atoms with E-state index in [4.69, 9.17) is 11.6 Å². The van der Waals surface area contributed by atoms with Gasteiger partial charge in [-0.2, -0.15) is 0 Å². The zero-order chi connectivity index (χ0) is 9.84. The third kappa shape index (κ3) is 2.64. The van der Waals surface area contributed by atoms with E-state index in [2.05, 4.69) is 6.92 Å². The minimum atomic E-state index is -0.912. The topological polar surface area (TPSA) is 34.1 Å². The third-order valence-electron chi connectivity index (χ3n) is 1.56. The molecule has 0 aliphatic rings. The Morgan fingerprint density at radius 2 is 2.15 bits per heavy atom. The van der Waals surface area contributed by atoms with E-state index in [9.17, 15) is 9.59 Å². The molecule has 0 fully saturated rings. The average Bonchev–Trinajstić information content (AvgIpc) is 2.52. The zero-order valence-electron chi connectivity index (χ0n) is 7.17. The molecule has 1 aromatic rings. The van der Waals surface area contributed by atoms with Crippen LogP contribution in [0.15, 0.2) is 12.1 Å². The summed E-state index contributed by atoms with van der Waals surface area (Å²) in [6.07, 6.45) is 1.97. The van der Waals surface area contributed by atoms with E-state index in [0.29, 0.717) is 4.88 Å². The van der Waals surface area contributed by atoms with Gasteiger partial charge in [0.05, 0.1) is 4.88 Å². The first-order valence-electron chi connectivity index (χ1n) is 3.98. The van der Waals surface area contributed by atoms with Crippen molar-refractivity contribution in [1.29, 1.82) is 0 Å². The number of ketones is 1. The van der Waals surface area contributed by atoms with Gasteiger partial charge in [-0.25, -0.2) is 0 Å². The van der Waals surface area contributed by atoms with Crippen molar-refractivity contribution >= 4 is 34.0 Å². The monoisotopic (exact) mass is 216 g/mol. The third-order valence-corrected chi connectivity index (χ3v) is 2.88. The summed E-state index contributed by atoms with van der Waals surface area (Å²) in [6.45, 7) is 2.06. The number of carbonyl (C=O) groups excluding carboxylic acids is 2. The number of carbonyl (C=O) groups is 2. The molecular formula is C9H9ClO2S. The molecule has 0 saturated heterocycles. The second kappa shape index (κ2) is 4.53. The summed E-state index contributed by atoms with van der Waals surface area (Å²) in [5.74, 6) is -0.603. The number of Topliss-reactive ketones (excluding diaryl/α,β-unsaturated/α-hetero) is 1. The Hall–Kier alpha value is -0.670. The van der Waals surface area contributed by atoms with Crippen LogP contribution in [0.25, 0.3) is 0 Å². The fourth-order valence-electron chi connectivity index (χ4n) is 0.978. The summed E-state index contributed by atoms with van der Waals surface area (Å²) < 4.78 is 0. The van der Waals surface area contributed by atoms with E-state index in [1.165, 1.54) is 11.3 Å². The lowest BCUT2D eigenvalue weighted by molar-refractivity contribution is -0.108. The molecule has 0 aliphatic heterocycles. The van der Waals surface area contributed by atoms with Crippen LogP contribution in [0.1, 0.15) is 27.9 Å². The lowest BCUT2D eigenvalue weighted by atomic mass is 10.3. The van der Waals surface area contributed by atoms with Crippen LogP contribution >= 0.6 is 22.9 Å². The Morgan fingerprint density at radius 3 is 2.69 bits per heavy atom. The van der Waals surface area contributed by atoms with Crippen molar-refractivity contribution in [3.8, 4) is 0 Å². The van der Waals surface area contributed by atoms with Crippen LogP contribution in [0.5, 0.6) is 0 Å². The number of rotatable bonds is 4. The van der Waals surface area contributed by atoms with Crippen molar-refractivity contribution in [2.45, 2.75) is 19.8 Å². The number of aryl methyl sites for hydroxylation is 1. The van der Waals surface area contributed by atoms with Gasteiger partial charge in [0, 0.05) is 4.88 Å². The van der Waals surface area contributed by atoms with Crippen LogP contribution in [-0.2, 0) is 11.2 Å². The molecule has 0 N–H and O–H groups in total. The van der Waals surface area contributed by atoms with Crippen molar-refractivity contribution in [3.63, 3.8) is 0 Å². The van der Waals surface area contributed by atoms with Crippen molar-refractivity contribution in [2.75, 3.05) is 0 Å². The van der Waals surface area contributed by atoms with Crippen LogP contribution in [0.2, 0.25) is 0 Å². The Kier molecular flexibility index (Phi) is 3.63. The van der Waals surface area contributed by atoms with Gasteiger partial charge in [-0.1, -0.05) is 13.3 Å². The standard InChI is InChI=1S/C9H9ClO2S/c1-2-3-6-4-5-7(13-6)8(11)9(10)12/h4-5H,2-3H2,1H3. The molecule has 0 bridgehead atoms. The molecule has 0 aliphatic carbocycles. The van der Waals surface area contributed by atoms with Crippen molar-refractivity contribution in [1.82, 2.24) is 0 Å².